The molecule has 10 heteroatoms. The molecule has 0 aromatic heterocycles. The van der Waals surface area contributed by atoms with Crippen LogP contribution >= 0.6 is 11.6 Å². The van der Waals surface area contributed by atoms with Crippen molar-refractivity contribution in [1.29, 1.82) is 0 Å². The minimum atomic E-state index is -4.25. The maximum absolute atomic E-state index is 13.5. The normalized spacial score (nSPS) is 15.0. The van der Waals surface area contributed by atoms with Gasteiger partial charge in [0.2, 0.25) is 21.1 Å². The highest BCUT2D eigenvalue weighted by atomic mass is 35.5. The van der Waals surface area contributed by atoms with E-state index in [1.165, 1.54) is 29.2 Å². The smallest absolute Gasteiger partial charge is 0.261 e. The number of amides is 3. The SMILES string of the molecule is CCCC(=O)N1CCN(C(=O)[C@@H](NC(=O)c2cccc(Cl)c2)S(=O)(=O)c2ccc(C)cc2)CC1. The van der Waals surface area contributed by atoms with Crippen molar-refractivity contribution in [2.75, 3.05) is 26.2 Å². The Morgan fingerprint density at radius 3 is 2.21 bits per heavy atom. The van der Waals surface area contributed by atoms with E-state index in [2.05, 4.69) is 5.32 Å². The summed E-state index contributed by atoms with van der Waals surface area (Å²) in [5.41, 5.74) is 0.997. The molecule has 0 unspecified atom stereocenters. The summed E-state index contributed by atoms with van der Waals surface area (Å²) >= 11 is 5.97. The van der Waals surface area contributed by atoms with Gasteiger partial charge in [0, 0.05) is 43.2 Å². The number of carbonyl (C=O) groups is 3. The fourth-order valence-corrected chi connectivity index (χ4v) is 5.34. The molecule has 8 nitrogen and oxygen atoms in total. The Morgan fingerprint density at radius 2 is 1.62 bits per heavy atom. The second kappa shape index (κ2) is 11.0. The summed E-state index contributed by atoms with van der Waals surface area (Å²) in [6, 6.07) is 12.1. The average Bonchev–Trinajstić information content (AvgIpc) is 2.82. The number of sulfone groups is 1. The highest BCUT2D eigenvalue weighted by Crippen LogP contribution is 2.20. The number of benzene rings is 2. The van der Waals surface area contributed by atoms with Crippen LogP contribution in [0.3, 0.4) is 0 Å². The van der Waals surface area contributed by atoms with Crippen LogP contribution in [0.4, 0.5) is 0 Å². The third-order valence-corrected chi connectivity index (χ3v) is 7.75. The monoisotopic (exact) mass is 505 g/mol. The molecule has 0 aliphatic carbocycles. The lowest BCUT2D eigenvalue weighted by atomic mass is 10.2. The Balaban J connectivity index is 1.87. The van der Waals surface area contributed by atoms with Crippen LogP contribution in [0, 0.1) is 6.92 Å². The average molecular weight is 506 g/mol. The largest absolute Gasteiger partial charge is 0.339 e. The van der Waals surface area contributed by atoms with Crippen molar-refractivity contribution < 1.29 is 22.8 Å². The highest BCUT2D eigenvalue weighted by molar-refractivity contribution is 7.92. The number of hydrogen-bond donors (Lipinski definition) is 1. The Hall–Kier alpha value is -2.91. The van der Waals surface area contributed by atoms with Gasteiger partial charge in [0.25, 0.3) is 11.8 Å². The second-order valence-corrected chi connectivity index (χ2v) is 10.6. The molecule has 0 spiro atoms. The Labute approximate surface area is 204 Å². The molecule has 1 N–H and O–H groups in total. The van der Waals surface area contributed by atoms with Gasteiger partial charge in [0.1, 0.15) is 0 Å². The van der Waals surface area contributed by atoms with Crippen molar-refractivity contribution >= 4 is 39.2 Å². The maximum Gasteiger partial charge on any atom is 0.261 e. The van der Waals surface area contributed by atoms with E-state index in [0.717, 1.165) is 12.0 Å². The van der Waals surface area contributed by atoms with Crippen molar-refractivity contribution in [2.45, 2.75) is 37.0 Å². The van der Waals surface area contributed by atoms with Gasteiger partial charge >= 0.3 is 0 Å². The molecule has 0 radical (unpaired) electrons. The van der Waals surface area contributed by atoms with E-state index in [0.29, 0.717) is 24.5 Å². The van der Waals surface area contributed by atoms with Gasteiger partial charge in [-0.15, -0.1) is 0 Å². The Morgan fingerprint density at radius 1 is 1.00 bits per heavy atom. The third-order valence-electron chi connectivity index (χ3n) is 5.64. The fourth-order valence-electron chi connectivity index (χ4n) is 3.68. The lowest BCUT2D eigenvalue weighted by Gasteiger charge is -2.36. The second-order valence-electron chi connectivity index (χ2n) is 8.18. The Kier molecular flexibility index (Phi) is 8.33. The zero-order chi connectivity index (χ0) is 24.9. The summed E-state index contributed by atoms with van der Waals surface area (Å²) in [6.07, 6.45) is 1.15. The Bertz CT molecular complexity index is 1160. The van der Waals surface area contributed by atoms with Gasteiger partial charge in [-0.05, 0) is 43.7 Å². The van der Waals surface area contributed by atoms with E-state index in [-0.39, 0.29) is 29.5 Å². The molecule has 2 aromatic rings. The standard InChI is InChI=1S/C24H28ClN3O5S/c1-3-5-21(29)27-12-14-28(15-13-27)24(31)23(26-22(30)18-6-4-7-19(25)16-18)34(32,33)20-10-8-17(2)9-11-20/h4,6-11,16,23H,3,5,12-15H2,1-2H3,(H,26,30)/t23-/m0/s1. The fraction of sp³-hybridized carbons (Fsp3) is 0.375. The minimum Gasteiger partial charge on any atom is -0.339 e. The zero-order valence-corrected chi connectivity index (χ0v) is 20.7. The number of carbonyl (C=O) groups excluding carboxylic acids is 3. The van der Waals surface area contributed by atoms with Crippen LogP contribution in [-0.2, 0) is 19.4 Å². The predicted molar refractivity (Wildman–Crippen MR) is 129 cm³/mol. The summed E-state index contributed by atoms with van der Waals surface area (Å²) in [4.78, 5) is 41.5. The zero-order valence-electron chi connectivity index (χ0n) is 19.2. The maximum atomic E-state index is 13.5. The summed E-state index contributed by atoms with van der Waals surface area (Å²) < 4.78 is 26.9. The van der Waals surface area contributed by atoms with E-state index in [1.54, 1.807) is 29.2 Å². The van der Waals surface area contributed by atoms with Crippen LogP contribution in [0.15, 0.2) is 53.4 Å². The third kappa shape index (κ3) is 5.95. The number of halogens is 1. The first-order chi connectivity index (χ1) is 16.1. The van der Waals surface area contributed by atoms with Crippen LogP contribution in [0.1, 0.15) is 35.7 Å². The number of hydrogen-bond acceptors (Lipinski definition) is 5. The van der Waals surface area contributed by atoms with Crippen molar-refractivity contribution in [1.82, 2.24) is 15.1 Å². The van der Waals surface area contributed by atoms with Crippen LogP contribution in [0.2, 0.25) is 5.02 Å². The molecule has 3 amide bonds. The molecule has 34 heavy (non-hydrogen) atoms. The molecular formula is C24H28ClN3O5S. The van der Waals surface area contributed by atoms with Crippen molar-refractivity contribution in [3.8, 4) is 0 Å². The molecule has 2 aromatic carbocycles. The first-order valence-corrected chi connectivity index (χ1v) is 13.0. The van der Waals surface area contributed by atoms with E-state index < -0.39 is 27.0 Å². The van der Waals surface area contributed by atoms with Crippen molar-refractivity contribution in [3.05, 3.63) is 64.7 Å². The van der Waals surface area contributed by atoms with Crippen molar-refractivity contribution in [2.24, 2.45) is 0 Å². The molecule has 1 atom stereocenters. The van der Waals surface area contributed by atoms with Gasteiger partial charge in [0.15, 0.2) is 0 Å². The first-order valence-electron chi connectivity index (χ1n) is 11.1. The molecule has 1 fully saturated rings. The summed E-state index contributed by atoms with van der Waals surface area (Å²) in [6.45, 7) is 4.72. The van der Waals surface area contributed by atoms with E-state index in [1.807, 2.05) is 13.8 Å². The molecule has 0 bridgehead atoms. The topological polar surface area (TPSA) is 104 Å². The minimum absolute atomic E-state index is 0.00712. The molecule has 3 rings (SSSR count). The van der Waals surface area contributed by atoms with Crippen LogP contribution in [0.25, 0.3) is 0 Å². The summed E-state index contributed by atoms with van der Waals surface area (Å²) in [5, 5.41) is 0.898. The van der Waals surface area contributed by atoms with Crippen molar-refractivity contribution in [3.63, 3.8) is 0 Å². The van der Waals surface area contributed by atoms with Gasteiger partial charge in [-0.2, -0.15) is 0 Å². The summed E-state index contributed by atoms with van der Waals surface area (Å²) in [5.74, 6) is -1.46. The number of aryl methyl sites for hydroxylation is 1. The van der Waals surface area contributed by atoms with Crippen LogP contribution < -0.4 is 5.32 Å². The van der Waals surface area contributed by atoms with E-state index >= 15 is 0 Å². The van der Waals surface area contributed by atoms with E-state index in [4.69, 9.17) is 11.6 Å². The van der Waals surface area contributed by atoms with Gasteiger partial charge in [0.05, 0.1) is 4.90 Å². The van der Waals surface area contributed by atoms with E-state index in [9.17, 15) is 22.8 Å². The van der Waals surface area contributed by atoms with Gasteiger partial charge in [-0.1, -0.05) is 42.3 Å². The lowest BCUT2D eigenvalue weighted by molar-refractivity contribution is -0.139. The van der Waals surface area contributed by atoms with Crippen LogP contribution in [-0.4, -0.2) is 67.5 Å². The molecule has 182 valence electrons. The van der Waals surface area contributed by atoms with Gasteiger partial charge in [-0.25, -0.2) is 8.42 Å². The molecule has 1 saturated heterocycles. The lowest BCUT2D eigenvalue weighted by Crippen LogP contribution is -2.57. The highest BCUT2D eigenvalue weighted by Gasteiger charge is 2.39. The van der Waals surface area contributed by atoms with Gasteiger partial charge in [-0.3, -0.25) is 14.4 Å². The molecule has 1 aliphatic heterocycles. The number of rotatable bonds is 7. The molecule has 1 heterocycles. The predicted octanol–water partition coefficient (Wildman–Crippen LogP) is 2.65. The number of piperazine rings is 1. The molecule has 0 saturated carbocycles. The molecular weight excluding hydrogens is 478 g/mol. The quantitative estimate of drug-likeness (QED) is 0.623. The number of nitrogens with one attached hydrogen (secondary N) is 1. The molecule has 1 aliphatic rings. The van der Waals surface area contributed by atoms with Gasteiger partial charge < -0.3 is 15.1 Å². The van der Waals surface area contributed by atoms with Crippen LogP contribution in [0.5, 0.6) is 0 Å². The first kappa shape index (κ1) is 25.7. The summed E-state index contributed by atoms with van der Waals surface area (Å²) in [7, 11) is -4.25. The number of nitrogens with zero attached hydrogens (tertiary/aromatic N) is 2.